The number of ether oxygens (including phenoxy) is 3. The summed E-state index contributed by atoms with van der Waals surface area (Å²) < 4.78 is 14.4. The third-order valence-corrected chi connectivity index (χ3v) is 2.29. The van der Waals surface area contributed by atoms with Crippen LogP contribution in [0.25, 0.3) is 0 Å². The molecule has 1 aliphatic heterocycles. The lowest BCUT2D eigenvalue weighted by atomic mass is 9.99. The Morgan fingerprint density at radius 2 is 1.80 bits per heavy atom. The Bertz CT molecular complexity index is 231. The van der Waals surface area contributed by atoms with Crippen molar-refractivity contribution in [1.82, 2.24) is 0 Å². The van der Waals surface area contributed by atoms with E-state index in [4.69, 9.17) is 19.3 Å². The van der Waals surface area contributed by atoms with E-state index in [0.29, 0.717) is 0 Å². The number of carboxylic acids is 1. The monoisotopic (exact) mass is 222 g/mol. The van der Waals surface area contributed by atoms with E-state index in [1.165, 1.54) is 14.2 Å². The summed E-state index contributed by atoms with van der Waals surface area (Å²) >= 11 is 0. The van der Waals surface area contributed by atoms with Gasteiger partial charge < -0.3 is 29.5 Å². The van der Waals surface area contributed by atoms with Crippen molar-refractivity contribution in [2.24, 2.45) is 0 Å². The van der Waals surface area contributed by atoms with Crippen molar-refractivity contribution in [3.8, 4) is 0 Å². The number of carbonyl (C=O) groups is 1. The molecule has 0 aromatic rings. The van der Waals surface area contributed by atoms with Gasteiger partial charge in [0.2, 0.25) is 0 Å². The smallest absolute Gasteiger partial charge is 0.335 e. The summed E-state index contributed by atoms with van der Waals surface area (Å²) in [5.74, 6) is -1.33. The van der Waals surface area contributed by atoms with E-state index in [1.54, 1.807) is 0 Å². The topological polar surface area (TPSA) is 105 Å². The van der Waals surface area contributed by atoms with Crippen molar-refractivity contribution in [3.05, 3.63) is 0 Å². The van der Waals surface area contributed by atoms with Crippen LogP contribution >= 0.6 is 0 Å². The fourth-order valence-corrected chi connectivity index (χ4v) is 1.51. The van der Waals surface area contributed by atoms with E-state index >= 15 is 0 Å². The molecule has 0 amide bonds. The number of hydrogen-bond donors (Lipinski definition) is 3. The molecule has 1 aliphatic rings. The average molecular weight is 222 g/mol. The molecule has 7 heteroatoms. The van der Waals surface area contributed by atoms with Crippen LogP contribution in [0.5, 0.6) is 0 Å². The van der Waals surface area contributed by atoms with Crippen molar-refractivity contribution in [1.29, 1.82) is 0 Å². The van der Waals surface area contributed by atoms with Crippen molar-refractivity contribution in [3.63, 3.8) is 0 Å². The standard InChI is InChI=1S/C8H14O7/c1-13-5-3(9)6(7(11)12)15-8(14-2)4(5)10/h3-6,8-10H,1-2H3,(H,11,12). The fourth-order valence-electron chi connectivity index (χ4n) is 1.51. The predicted octanol–water partition coefficient (Wildman–Crippen LogP) is -1.82. The van der Waals surface area contributed by atoms with Gasteiger partial charge in [-0.15, -0.1) is 0 Å². The van der Waals surface area contributed by atoms with Gasteiger partial charge >= 0.3 is 5.97 Å². The first-order valence-electron chi connectivity index (χ1n) is 4.33. The van der Waals surface area contributed by atoms with Gasteiger partial charge in [0, 0.05) is 14.2 Å². The number of aliphatic carboxylic acids is 1. The Labute approximate surface area is 86.2 Å². The van der Waals surface area contributed by atoms with Gasteiger partial charge in [-0.25, -0.2) is 4.79 Å². The first-order valence-corrected chi connectivity index (χ1v) is 4.33. The second-order valence-corrected chi connectivity index (χ2v) is 3.18. The van der Waals surface area contributed by atoms with Crippen molar-refractivity contribution in [2.45, 2.75) is 30.7 Å². The van der Waals surface area contributed by atoms with Crippen LogP contribution in [-0.2, 0) is 19.0 Å². The maximum Gasteiger partial charge on any atom is 0.335 e. The summed E-state index contributed by atoms with van der Waals surface area (Å²) in [6.45, 7) is 0. The number of hydrogen-bond acceptors (Lipinski definition) is 6. The first-order chi connectivity index (χ1) is 7.02. The van der Waals surface area contributed by atoms with Crippen LogP contribution in [0, 0.1) is 0 Å². The highest BCUT2D eigenvalue weighted by Crippen LogP contribution is 2.23. The van der Waals surface area contributed by atoms with E-state index in [0.717, 1.165) is 0 Å². The molecule has 0 aliphatic carbocycles. The van der Waals surface area contributed by atoms with Gasteiger partial charge in [0.15, 0.2) is 12.4 Å². The lowest BCUT2D eigenvalue weighted by Gasteiger charge is -2.39. The SMILES string of the molecule is COC1OC(C(=O)O)C(O)C(OC)C1O. The summed E-state index contributed by atoms with van der Waals surface area (Å²) in [4.78, 5) is 10.7. The van der Waals surface area contributed by atoms with Gasteiger partial charge in [-0.05, 0) is 0 Å². The summed E-state index contributed by atoms with van der Waals surface area (Å²) in [7, 11) is 2.52. The number of methoxy groups -OCH3 is 2. The Morgan fingerprint density at radius 3 is 2.20 bits per heavy atom. The van der Waals surface area contributed by atoms with Gasteiger partial charge in [0.25, 0.3) is 0 Å². The van der Waals surface area contributed by atoms with E-state index in [2.05, 4.69) is 0 Å². The summed E-state index contributed by atoms with van der Waals surface area (Å²) in [5, 5.41) is 27.9. The van der Waals surface area contributed by atoms with Crippen LogP contribution in [-0.4, -0.2) is 66.2 Å². The molecule has 0 radical (unpaired) electrons. The zero-order chi connectivity index (χ0) is 11.6. The summed E-state index contributed by atoms with van der Waals surface area (Å²) in [5.41, 5.74) is 0. The molecule has 5 unspecified atom stereocenters. The maximum atomic E-state index is 10.7. The van der Waals surface area contributed by atoms with Crippen LogP contribution in [0.3, 0.4) is 0 Å². The highest BCUT2D eigenvalue weighted by atomic mass is 16.7. The second-order valence-electron chi connectivity index (χ2n) is 3.18. The van der Waals surface area contributed by atoms with Gasteiger partial charge in [0.05, 0.1) is 0 Å². The van der Waals surface area contributed by atoms with E-state index in [9.17, 15) is 15.0 Å². The van der Waals surface area contributed by atoms with Gasteiger partial charge in [-0.2, -0.15) is 0 Å². The van der Waals surface area contributed by atoms with Crippen LogP contribution in [0.15, 0.2) is 0 Å². The molecule has 88 valence electrons. The van der Waals surface area contributed by atoms with E-state index in [1.807, 2.05) is 0 Å². The predicted molar refractivity (Wildman–Crippen MR) is 46.1 cm³/mol. The number of aliphatic hydroxyl groups is 2. The Hall–Kier alpha value is -0.730. The number of rotatable bonds is 3. The molecule has 5 atom stereocenters. The van der Waals surface area contributed by atoms with Gasteiger partial charge in [-0.1, -0.05) is 0 Å². The zero-order valence-electron chi connectivity index (χ0n) is 8.36. The molecule has 0 aromatic heterocycles. The number of aliphatic hydroxyl groups excluding tert-OH is 2. The lowest BCUT2D eigenvalue weighted by Crippen LogP contribution is -2.60. The third kappa shape index (κ3) is 2.27. The molecule has 7 nitrogen and oxygen atoms in total. The molecule has 0 saturated carbocycles. The minimum absolute atomic E-state index is 1.05. The Morgan fingerprint density at radius 1 is 1.20 bits per heavy atom. The van der Waals surface area contributed by atoms with E-state index < -0.39 is 36.7 Å². The zero-order valence-corrected chi connectivity index (χ0v) is 8.36. The molecule has 3 N–H and O–H groups in total. The molecular formula is C8H14O7. The maximum absolute atomic E-state index is 10.7. The molecule has 1 saturated heterocycles. The molecule has 1 heterocycles. The summed E-state index contributed by atoms with van der Waals surface area (Å²) in [6.07, 6.45) is -6.31. The first kappa shape index (κ1) is 12.3. The van der Waals surface area contributed by atoms with Crippen LogP contribution in [0.2, 0.25) is 0 Å². The molecule has 15 heavy (non-hydrogen) atoms. The van der Waals surface area contributed by atoms with Crippen molar-refractivity contribution in [2.75, 3.05) is 14.2 Å². The fraction of sp³-hybridized carbons (Fsp3) is 0.875. The Kier molecular flexibility index (Phi) is 4.00. The van der Waals surface area contributed by atoms with E-state index in [-0.39, 0.29) is 0 Å². The quantitative estimate of drug-likeness (QED) is 0.516. The largest absolute Gasteiger partial charge is 0.479 e. The van der Waals surface area contributed by atoms with Crippen LogP contribution in [0.4, 0.5) is 0 Å². The second kappa shape index (κ2) is 4.86. The van der Waals surface area contributed by atoms with Gasteiger partial charge in [-0.3, -0.25) is 0 Å². The minimum Gasteiger partial charge on any atom is -0.479 e. The molecule has 0 aromatic carbocycles. The molecule has 0 spiro atoms. The average Bonchev–Trinajstić information content (AvgIpc) is 2.18. The van der Waals surface area contributed by atoms with Crippen LogP contribution in [0.1, 0.15) is 0 Å². The molecular weight excluding hydrogens is 208 g/mol. The van der Waals surface area contributed by atoms with Crippen molar-refractivity contribution < 1.29 is 34.3 Å². The molecule has 1 fully saturated rings. The molecule has 1 rings (SSSR count). The van der Waals surface area contributed by atoms with Crippen molar-refractivity contribution >= 4 is 5.97 Å². The molecule has 0 bridgehead atoms. The highest BCUT2D eigenvalue weighted by Gasteiger charge is 2.48. The van der Waals surface area contributed by atoms with Gasteiger partial charge in [0.1, 0.15) is 18.3 Å². The third-order valence-electron chi connectivity index (χ3n) is 2.29. The minimum atomic E-state index is -1.47. The Balaban J connectivity index is 2.84. The van der Waals surface area contributed by atoms with Crippen LogP contribution < -0.4 is 0 Å². The highest BCUT2D eigenvalue weighted by molar-refractivity contribution is 5.73. The summed E-state index contributed by atoms with van der Waals surface area (Å²) in [6, 6.07) is 0. The normalized spacial score (nSPS) is 41.5. The lowest BCUT2D eigenvalue weighted by molar-refractivity contribution is -0.291. The number of carboxylic acid groups (broad SMARTS) is 1.